The molecular formula is C20H33N5O2S. The fraction of sp³-hybridized carbons (Fsp3) is 0.650. The first-order chi connectivity index (χ1) is 13.5. The van der Waals surface area contributed by atoms with Crippen molar-refractivity contribution in [2.45, 2.75) is 38.8 Å². The van der Waals surface area contributed by atoms with Crippen LogP contribution in [0.5, 0.6) is 0 Å². The van der Waals surface area contributed by atoms with Crippen LogP contribution in [0.25, 0.3) is 0 Å². The fourth-order valence-corrected chi connectivity index (χ4v) is 4.76. The van der Waals surface area contributed by atoms with Gasteiger partial charge in [0.05, 0.1) is 12.3 Å². The molecule has 0 bridgehead atoms. The molecule has 2 heterocycles. The van der Waals surface area contributed by atoms with Crippen molar-refractivity contribution in [2.75, 3.05) is 38.5 Å². The lowest BCUT2D eigenvalue weighted by Gasteiger charge is -2.48. The van der Waals surface area contributed by atoms with Crippen molar-refractivity contribution >= 4 is 16.0 Å². The first-order valence-electron chi connectivity index (χ1n) is 10.3. The van der Waals surface area contributed by atoms with Gasteiger partial charge >= 0.3 is 0 Å². The quantitative estimate of drug-likeness (QED) is 0.547. The highest BCUT2D eigenvalue weighted by Gasteiger charge is 2.36. The largest absolute Gasteiger partial charge is 0.357 e. The Labute approximate surface area is 169 Å². The molecule has 2 fully saturated rings. The van der Waals surface area contributed by atoms with Crippen LogP contribution in [-0.2, 0) is 16.6 Å². The Kier molecular flexibility index (Phi) is 7.31. The molecule has 0 aromatic heterocycles. The molecule has 3 rings (SSSR count). The van der Waals surface area contributed by atoms with Crippen LogP contribution in [0, 0.1) is 5.92 Å². The number of guanidine groups is 1. The average Bonchev–Trinajstić information content (AvgIpc) is 2.67. The number of hydrogen-bond donors (Lipinski definition) is 2. The van der Waals surface area contributed by atoms with Gasteiger partial charge in [-0.25, -0.2) is 13.6 Å². The molecule has 8 heteroatoms. The highest BCUT2D eigenvalue weighted by atomic mass is 32.2. The summed E-state index contributed by atoms with van der Waals surface area (Å²) in [6, 6.07) is 11.3. The number of sulfonamides is 1. The van der Waals surface area contributed by atoms with E-state index in [4.69, 9.17) is 5.14 Å². The number of fused-ring (bicyclic) bond motifs is 1. The zero-order valence-electron chi connectivity index (χ0n) is 16.8. The molecule has 7 nitrogen and oxygen atoms in total. The van der Waals surface area contributed by atoms with E-state index in [1.54, 1.807) is 0 Å². The maximum atomic E-state index is 11.2. The number of aliphatic imine (C=N–C) groups is 1. The van der Waals surface area contributed by atoms with Crippen LogP contribution in [-0.4, -0.2) is 68.7 Å². The Balaban J connectivity index is 1.62. The standard InChI is InChI=1S/C20H33N5O2S/c1-2-22-20(23-11-14-28(21,26)27)25-13-10-19-18(16-25)9-6-12-24(19)15-17-7-4-3-5-8-17/h3-5,7-8,18-19H,2,6,9-16H2,1H3,(H,22,23)(H2,21,26,27). The Morgan fingerprint density at radius 2 is 2.04 bits per heavy atom. The molecule has 0 aliphatic carbocycles. The minimum absolute atomic E-state index is 0.118. The van der Waals surface area contributed by atoms with Gasteiger partial charge in [-0.2, -0.15) is 0 Å². The van der Waals surface area contributed by atoms with Crippen LogP contribution in [0.2, 0.25) is 0 Å². The molecule has 2 atom stereocenters. The maximum absolute atomic E-state index is 11.2. The molecule has 0 amide bonds. The summed E-state index contributed by atoms with van der Waals surface area (Å²) in [5.74, 6) is 1.31. The number of likely N-dealkylation sites (tertiary alicyclic amines) is 2. The van der Waals surface area contributed by atoms with Gasteiger partial charge in [-0.05, 0) is 44.2 Å². The van der Waals surface area contributed by atoms with E-state index in [1.807, 2.05) is 6.92 Å². The molecule has 0 spiro atoms. The average molecular weight is 408 g/mol. The van der Waals surface area contributed by atoms with Crippen molar-refractivity contribution in [3.63, 3.8) is 0 Å². The van der Waals surface area contributed by atoms with E-state index in [2.05, 4.69) is 50.4 Å². The van der Waals surface area contributed by atoms with E-state index in [-0.39, 0.29) is 12.3 Å². The predicted molar refractivity (Wildman–Crippen MR) is 114 cm³/mol. The van der Waals surface area contributed by atoms with Gasteiger partial charge < -0.3 is 10.2 Å². The Morgan fingerprint density at radius 3 is 2.75 bits per heavy atom. The third kappa shape index (κ3) is 5.93. The number of nitrogens with zero attached hydrogens (tertiary/aromatic N) is 3. The zero-order valence-corrected chi connectivity index (χ0v) is 17.6. The smallest absolute Gasteiger partial charge is 0.210 e. The third-order valence-corrected chi connectivity index (χ3v) is 6.43. The SMILES string of the molecule is CCNC(=NCCS(N)(=O)=O)N1CCC2C(CCCN2Cc2ccccc2)C1. The van der Waals surface area contributed by atoms with Crippen LogP contribution in [0.4, 0.5) is 0 Å². The lowest BCUT2D eigenvalue weighted by Crippen LogP contribution is -2.56. The van der Waals surface area contributed by atoms with E-state index in [1.165, 1.54) is 24.9 Å². The van der Waals surface area contributed by atoms with Crippen LogP contribution < -0.4 is 10.5 Å². The van der Waals surface area contributed by atoms with E-state index < -0.39 is 10.0 Å². The molecule has 1 aromatic carbocycles. The third-order valence-electron chi connectivity index (χ3n) is 5.68. The summed E-state index contributed by atoms with van der Waals surface area (Å²) in [6.07, 6.45) is 3.57. The van der Waals surface area contributed by atoms with E-state index >= 15 is 0 Å². The Hall–Kier alpha value is -1.64. The first kappa shape index (κ1) is 21.1. The summed E-state index contributed by atoms with van der Waals surface area (Å²) in [7, 11) is -3.48. The molecule has 2 aliphatic heterocycles. The molecule has 0 saturated carbocycles. The van der Waals surface area contributed by atoms with Crippen molar-refractivity contribution in [2.24, 2.45) is 16.0 Å². The van der Waals surface area contributed by atoms with Crippen LogP contribution in [0.3, 0.4) is 0 Å². The molecule has 28 heavy (non-hydrogen) atoms. The molecule has 156 valence electrons. The van der Waals surface area contributed by atoms with Crippen molar-refractivity contribution in [3.8, 4) is 0 Å². The number of nitrogens with one attached hydrogen (secondary N) is 1. The van der Waals surface area contributed by atoms with Crippen LogP contribution in [0.1, 0.15) is 31.7 Å². The number of piperidine rings is 2. The normalized spacial score (nSPS) is 24.1. The van der Waals surface area contributed by atoms with Gasteiger partial charge in [-0.3, -0.25) is 9.89 Å². The second-order valence-electron chi connectivity index (χ2n) is 7.76. The Morgan fingerprint density at radius 1 is 1.25 bits per heavy atom. The molecule has 2 aliphatic rings. The topological polar surface area (TPSA) is 91.0 Å². The van der Waals surface area contributed by atoms with Gasteiger partial charge in [0.1, 0.15) is 0 Å². The number of rotatable bonds is 6. The molecule has 0 radical (unpaired) electrons. The van der Waals surface area contributed by atoms with E-state index in [0.29, 0.717) is 12.0 Å². The number of hydrogen-bond acceptors (Lipinski definition) is 4. The monoisotopic (exact) mass is 407 g/mol. The fourth-order valence-electron chi connectivity index (χ4n) is 4.42. The lowest BCUT2D eigenvalue weighted by atomic mass is 9.83. The molecule has 2 saturated heterocycles. The van der Waals surface area contributed by atoms with Gasteiger partial charge in [-0.15, -0.1) is 0 Å². The van der Waals surface area contributed by atoms with Gasteiger partial charge in [0.15, 0.2) is 5.96 Å². The first-order valence-corrected chi connectivity index (χ1v) is 12.0. The van der Waals surface area contributed by atoms with E-state index in [9.17, 15) is 8.42 Å². The lowest BCUT2D eigenvalue weighted by molar-refractivity contribution is 0.0372. The van der Waals surface area contributed by atoms with E-state index in [0.717, 1.165) is 38.6 Å². The summed E-state index contributed by atoms with van der Waals surface area (Å²) in [5.41, 5.74) is 1.38. The summed E-state index contributed by atoms with van der Waals surface area (Å²) in [5, 5.41) is 8.42. The second kappa shape index (κ2) is 9.71. The number of nitrogens with two attached hydrogens (primary N) is 1. The molecule has 2 unspecified atom stereocenters. The number of primary sulfonamides is 1. The predicted octanol–water partition coefficient (Wildman–Crippen LogP) is 1.23. The summed E-state index contributed by atoms with van der Waals surface area (Å²) in [4.78, 5) is 9.44. The molecule has 3 N–H and O–H groups in total. The number of benzene rings is 1. The highest BCUT2D eigenvalue weighted by Crippen LogP contribution is 2.31. The van der Waals surface area contributed by atoms with Gasteiger partial charge in [0.2, 0.25) is 10.0 Å². The minimum Gasteiger partial charge on any atom is -0.357 e. The van der Waals surface area contributed by atoms with Crippen LogP contribution >= 0.6 is 0 Å². The highest BCUT2D eigenvalue weighted by molar-refractivity contribution is 7.89. The van der Waals surface area contributed by atoms with Gasteiger partial charge in [0, 0.05) is 32.2 Å². The Bertz CT molecular complexity index is 753. The zero-order chi connectivity index (χ0) is 20.0. The van der Waals surface area contributed by atoms with Crippen molar-refractivity contribution in [3.05, 3.63) is 35.9 Å². The van der Waals surface area contributed by atoms with Crippen molar-refractivity contribution in [1.82, 2.24) is 15.1 Å². The van der Waals surface area contributed by atoms with Crippen molar-refractivity contribution < 1.29 is 8.42 Å². The molecule has 1 aromatic rings. The second-order valence-corrected chi connectivity index (χ2v) is 9.50. The van der Waals surface area contributed by atoms with Crippen LogP contribution in [0.15, 0.2) is 35.3 Å². The summed E-state index contributed by atoms with van der Waals surface area (Å²) in [6.45, 7) is 7.09. The van der Waals surface area contributed by atoms with Gasteiger partial charge in [0.25, 0.3) is 0 Å². The summed E-state index contributed by atoms with van der Waals surface area (Å²) < 4.78 is 22.4. The minimum atomic E-state index is -3.48. The maximum Gasteiger partial charge on any atom is 0.210 e. The van der Waals surface area contributed by atoms with Crippen molar-refractivity contribution in [1.29, 1.82) is 0 Å². The van der Waals surface area contributed by atoms with Gasteiger partial charge in [-0.1, -0.05) is 30.3 Å². The summed E-state index contributed by atoms with van der Waals surface area (Å²) >= 11 is 0. The molecular weight excluding hydrogens is 374 g/mol.